The smallest absolute Gasteiger partial charge is 0.181 e. The van der Waals surface area contributed by atoms with Crippen molar-refractivity contribution in [2.24, 2.45) is 5.73 Å². The number of hydrogen-bond acceptors (Lipinski definition) is 7. The van der Waals surface area contributed by atoms with Crippen LogP contribution in [0.5, 0.6) is 5.75 Å². The minimum atomic E-state index is 0.264. The van der Waals surface area contributed by atoms with Crippen LogP contribution in [0.25, 0.3) is 39.3 Å². The summed E-state index contributed by atoms with van der Waals surface area (Å²) in [6.07, 6.45) is 19.7. The molecule has 0 atom stereocenters. The molecular weight excluding hydrogens is 488 g/mol. The van der Waals surface area contributed by atoms with Crippen molar-refractivity contribution in [3.8, 4) is 28.4 Å². The number of H-pyrrole nitrogens is 2. The summed E-state index contributed by atoms with van der Waals surface area (Å²) in [5, 5.41) is 8.45. The molecule has 194 valence electrons. The first-order valence-electron chi connectivity index (χ1n) is 13.3. The molecule has 5 heterocycles. The van der Waals surface area contributed by atoms with Crippen LogP contribution in [0.15, 0.2) is 73.1 Å². The predicted octanol–water partition coefficient (Wildman–Crippen LogP) is 5.35. The largest absolute Gasteiger partial charge is 0.489 e. The number of hydrogen-bond donors (Lipinski definition) is 3. The molecule has 0 bridgehead atoms. The molecular formula is C30H28N8O. The van der Waals surface area contributed by atoms with Crippen molar-refractivity contribution >= 4 is 16.6 Å². The third kappa shape index (κ3) is 4.56. The fraction of sp³-hybridized carbons (Fsp3) is 0.233. The minimum absolute atomic E-state index is 0.264. The number of nitrogens with two attached hydrogens (primary N) is 1. The van der Waals surface area contributed by atoms with Crippen LogP contribution in [0.4, 0.5) is 0 Å². The highest BCUT2D eigenvalue weighted by molar-refractivity contribution is 5.92. The highest BCUT2D eigenvalue weighted by Crippen LogP contribution is 2.34. The van der Waals surface area contributed by atoms with Crippen molar-refractivity contribution in [1.82, 2.24) is 35.1 Å². The number of imidazole rings is 1. The molecule has 0 aromatic carbocycles. The number of nitrogens with one attached hydrogen (secondary N) is 2. The predicted molar refractivity (Wildman–Crippen MR) is 149 cm³/mol. The second-order valence-electron chi connectivity index (χ2n) is 10.1. The van der Waals surface area contributed by atoms with Gasteiger partial charge >= 0.3 is 0 Å². The number of aromatic nitrogens is 7. The van der Waals surface area contributed by atoms with E-state index in [4.69, 9.17) is 15.5 Å². The lowest BCUT2D eigenvalue weighted by atomic mass is 9.98. The highest BCUT2D eigenvalue weighted by Gasteiger charge is 2.22. The number of fused-ring (bicyclic) bond motifs is 2. The van der Waals surface area contributed by atoms with E-state index < -0.39 is 0 Å². The maximum atomic E-state index is 6.27. The fourth-order valence-electron chi connectivity index (χ4n) is 5.42. The molecule has 39 heavy (non-hydrogen) atoms. The van der Waals surface area contributed by atoms with E-state index in [1.165, 1.54) is 19.3 Å². The van der Waals surface area contributed by atoms with Crippen molar-refractivity contribution in [2.45, 2.75) is 44.6 Å². The van der Waals surface area contributed by atoms with Crippen LogP contribution in [0.2, 0.25) is 0 Å². The van der Waals surface area contributed by atoms with Crippen LogP contribution >= 0.6 is 0 Å². The van der Waals surface area contributed by atoms with E-state index in [2.05, 4.69) is 36.2 Å². The molecule has 4 N–H and O–H groups in total. The number of nitrogens with zero attached hydrogens (tertiary/aromatic N) is 5. The van der Waals surface area contributed by atoms with Gasteiger partial charge in [0, 0.05) is 64.9 Å². The molecule has 5 aromatic heterocycles. The van der Waals surface area contributed by atoms with Crippen LogP contribution in [0.3, 0.4) is 0 Å². The molecule has 1 saturated carbocycles. The lowest BCUT2D eigenvalue weighted by Gasteiger charge is -2.23. The molecule has 9 heteroatoms. The summed E-state index contributed by atoms with van der Waals surface area (Å²) in [5.74, 6) is 1.47. The zero-order valence-electron chi connectivity index (χ0n) is 21.4. The fourth-order valence-corrected chi connectivity index (χ4v) is 5.42. The van der Waals surface area contributed by atoms with Crippen LogP contribution in [-0.4, -0.2) is 41.2 Å². The molecule has 2 aliphatic carbocycles. The third-order valence-corrected chi connectivity index (χ3v) is 7.40. The zero-order chi connectivity index (χ0) is 26.2. The van der Waals surface area contributed by atoms with Gasteiger partial charge in [-0.05, 0) is 50.0 Å². The summed E-state index contributed by atoms with van der Waals surface area (Å²) in [4.78, 5) is 21.8. The number of aromatic amines is 2. The molecule has 0 aliphatic heterocycles. The summed E-state index contributed by atoms with van der Waals surface area (Å²) < 4.78 is 6.25. The monoisotopic (exact) mass is 516 g/mol. The molecule has 2 aliphatic rings. The van der Waals surface area contributed by atoms with Gasteiger partial charge in [-0.2, -0.15) is 5.10 Å². The van der Waals surface area contributed by atoms with Crippen molar-refractivity contribution < 1.29 is 4.74 Å². The Bertz CT molecular complexity index is 1710. The van der Waals surface area contributed by atoms with Gasteiger partial charge in [0.25, 0.3) is 0 Å². The van der Waals surface area contributed by atoms with Gasteiger partial charge in [0.2, 0.25) is 0 Å². The highest BCUT2D eigenvalue weighted by atomic mass is 16.5. The van der Waals surface area contributed by atoms with E-state index in [-0.39, 0.29) is 6.10 Å². The van der Waals surface area contributed by atoms with E-state index in [1.54, 1.807) is 12.4 Å². The average Bonchev–Trinajstić information content (AvgIpc) is 3.54. The van der Waals surface area contributed by atoms with Gasteiger partial charge in [-0.3, -0.25) is 15.1 Å². The Morgan fingerprint density at radius 1 is 0.923 bits per heavy atom. The summed E-state index contributed by atoms with van der Waals surface area (Å²) in [6, 6.07) is 8.05. The lowest BCUT2D eigenvalue weighted by molar-refractivity contribution is 0.154. The topological polar surface area (TPSA) is 131 Å². The van der Waals surface area contributed by atoms with Gasteiger partial charge in [-0.1, -0.05) is 18.6 Å². The Labute approximate surface area is 225 Å². The van der Waals surface area contributed by atoms with E-state index in [0.29, 0.717) is 17.9 Å². The quantitative estimate of drug-likeness (QED) is 0.287. The Hall–Kier alpha value is -4.79. The third-order valence-electron chi connectivity index (χ3n) is 7.40. The van der Waals surface area contributed by atoms with Gasteiger partial charge in [0.1, 0.15) is 11.4 Å². The van der Waals surface area contributed by atoms with Crippen molar-refractivity contribution in [3.05, 3.63) is 90.1 Å². The van der Waals surface area contributed by atoms with Gasteiger partial charge in [0.05, 0.1) is 23.4 Å². The molecule has 0 amide bonds. The van der Waals surface area contributed by atoms with E-state index >= 15 is 0 Å². The number of pyridine rings is 3. The first-order chi connectivity index (χ1) is 19.2. The number of allylic oxidation sites excluding steroid dienone is 3. The van der Waals surface area contributed by atoms with Crippen LogP contribution in [-0.2, 0) is 6.42 Å². The number of ether oxygens (including phenoxy) is 1. The van der Waals surface area contributed by atoms with Gasteiger partial charge in [0.15, 0.2) is 11.5 Å². The van der Waals surface area contributed by atoms with Gasteiger partial charge in [-0.15, -0.1) is 0 Å². The molecule has 1 fully saturated rings. The van der Waals surface area contributed by atoms with E-state index in [0.717, 1.165) is 69.0 Å². The molecule has 0 unspecified atom stereocenters. The second kappa shape index (κ2) is 9.83. The maximum absolute atomic E-state index is 6.27. The van der Waals surface area contributed by atoms with Crippen LogP contribution < -0.4 is 10.5 Å². The Morgan fingerprint density at radius 3 is 2.67 bits per heavy atom. The normalized spacial score (nSPS) is 15.9. The Balaban J connectivity index is 1.25. The minimum Gasteiger partial charge on any atom is -0.489 e. The van der Waals surface area contributed by atoms with E-state index in [9.17, 15) is 0 Å². The van der Waals surface area contributed by atoms with Crippen molar-refractivity contribution in [2.75, 3.05) is 0 Å². The molecule has 9 nitrogen and oxygen atoms in total. The first-order valence-corrected chi connectivity index (χ1v) is 13.3. The lowest BCUT2D eigenvalue weighted by Crippen LogP contribution is -2.19. The molecule has 5 aromatic rings. The Kier molecular flexibility index (Phi) is 5.88. The van der Waals surface area contributed by atoms with Gasteiger partial charge < -0.3 is 15.5 Å². The molecule has 0 spiro atoms. The Morgan fingerprint density at radius 2 is 1.79 bits per heavy atom. The standard InChI is InChI=1S/C30H28N8O/c31-21-8-9-24(18-5-4-10-32-14-18)27-26(13-21)35-30(36-27)28-25-12-20(16-34-29(25)38-37-28)19-11-23(17-33-15-19)39-22-6-2-1-3-7-22/h4-5,8-12,14-17,22H,1-3,6-7,13,31H2,(H,35,36)(H,34,37,38). The second-order valence-corrected chi connectivity index (χ2v) is 10.1. The summed E-state index contributed by atoms with van der Waals surface area (Å²) in [7, 11) is 0. The van der Waals surface area contributed by atoms with Crippen LogP contribution in [0.1, 0.15) is 49.1 Å². The maximum Gasteiger partial charge on any atom is 0.181 e. The van der Waals surface area contributed by atoms with Crippen molar-refractivity contribution in [1.29, 1.82) is 0 Å². The van der Waals surface area contributed by atoms with Crippen LogP contribution in [0, 0.1) is 0 Å². The average molecular weight is 517 g/mol. The summed E-state index contributed by atoms with van der Waals surface area (Å²) in [5.41, 5.74) is 14.0. The SMILES string of the molecule is NC1=CC=C(c2cccnc2)c2nc(-c3[nH]nc4ncc(-c5cncc(OC6CCCCC6)c5)cc34)[nH]c2C1. The van der Waals surface area contributed by atoms with E-state index in [1.807, 2.05) is 48.9 Å². The van der Waals surface area contributed by atoms with Gasteiger partial charge in [-0.25, -0.2) is 9.97 Å². The van der Waals surface area contributed by atoms with Crippen molar-refractivity contribution in [3.63, 3.8) is 0 Å². The zero-order valence-corrected chi connectivity index (χ0v) is 21.4. The number of rotatable bonds is 5. The molecule has 0 saturated heterocycles. The summed E-state index contributed by atoms with van der Waals surface area (Å²) in [6.45, 7) is 0. The molecule has 7 rings (SSSR count). The summed E-state index contributed by atoms with van der Waals surface area (Å²) >= 11 is 0. The first kappa shape index (κ1) is 23.3. The molecule has 0 radical (unpaired) electrons.